The second kappa shape index (κ2) is 8.41. The van der Waals surface area contributed by atoms with Crippen molar-refractivity contribution in [2.75, 3.05) is 20.8 Å². The molecule has 0 aliphatic carbocycles. The zero-order valence-corrected chi connectivity index (χ0v) is 16.5. The summed E-state index contributed by atoms with van der Waals surface area (Å²) in [6.45, 7) is 0.740. The Morgan fingerprint density at radius 2 is 2.00 bits per heavy atom. The Morgan fingerprint density at radius 1 is 1.19 bits per heavy atom. The monoisotopic (exact) mass is 415 g/mol. The van der Waals surface area contributed by atoms with E-state index >= 15 is 0 Å². The van der Waals surface area contributed by atoms with E-state index in [0.29, 0.717) is 0 Å². The Balaban J connectivity index is 1.84. The van der Waals surface area contributed by atoms with E-state index in [0.717, 1.165) is 46.5 Å². The van der Waals surface area contributed by atoms with Crippen LogP contribution in [0.1, 0.15) is 30.0 Å². The summed E-state index contributed by atoms with van der Waals surface area (Å²) < 4.78 is 11.8. The molecule has 0 radical (unpaired) electrons. The molecular weight excluding hydrogens is 394 g/mol. The van der Waals surface area contributed by atoms with Gasteiger partial charge in [0.2, 0.25) is 5.91 Å². The normalized spacial score (nSPS) is 16.9. The first-order valence-corrected chi connectivity index (χ1v) is 9.38. The SMILES string of the molecule is COc1ccc(OC)c([C@H]2CCCN2C(=O)/C=C\c2ccccc2Br)c1. The maximum absolute atomic E-state index is 12.8. The Bertz CT molecular complexity index is 819. The van der Waals surface area contributed by atoms with Gasteiger partial charge in [0.25, 0.3) is 0 Å². The minimum atomic E-state index is -0.00332. The van der Waals surface area contributed by atoms with Gasteiger partial charge in [-0.1, -0.05) is 34.1 Å². The number of carbonyl (C=O) groups is 1. The lowest BCUT2D eigenvalue weighted by Gasteiger charge is -2.25. The van der Waals surface area contributed by atoms with Crippen LogP contribution in [0.4, 0.5) is 0 Å². The fourth-order valence-corrected chi connectivity index (χ4v) is 3.74. The molecule has 1 fully saturated rings. The molecule has 26 heavy (non-hydrogen) atoms. The third-order valence-electron chi connectivity index (χ3n) is 4.64. The van der Waals surface area contributed by atoms with Gasteiger partial charge in [-0.3, -0.25) is 4.79 Å². The fraction of sp³-hybridized carbons (Fsp3) is 0.286. The van der Waals surface area contributed by atoms with Crippen molar-refractivity contribution < 1.29 is 14.3 Å². The molecular formula is C21H22BrNO3. The Kier molecular flexibility index (Phi) is 5.99. The number of amides is 1. The molecule has 1 atom stereocenters. The molecule has 0 aromatic heterocycles. The van der Waals surface area contributed by atoms with Crippen LogP contribution in [0.25, 0.3) is 6.08 Å². The van der Waals surface area contributed by atoms with E-state index in [2.05, 4.69) is 15.9 Å². The molecule has 0 saturated carbocycles. The molecule has 1 aliphatic heterocycles. The number of benzene rings is 2. The van der Waals surface area contributed by atoms with Gasteiger partial charge >= 0.3 is 0 Å². The summed E-state index contributed by atoms with van der Waals surface area (Å²) in [4.78, 5) is 14.7. The maximum Gasteiger partial charge on any atom is 0.247 e. The lowest BCUT2D eigenvalue weighted by molar-refractivity contribution is -0.126. The molecule has 4 nitrogen and oxygen atoms in total. The maximum atomic E-state index is 12.8. The van der Waals surface area contributed by atoms with E-state index < -0.39 is 0 Å². The second-order valence-electron chi connectivity index (χ2n) is 6.15. The van der Waals surface area contributed by atoms with Crippen molar-refractivity contribution in [3.8, 4) is 11.5 Å². The fourth-order valence-electron chi connectivity index (χ4n) is 3.32. The smallest absolute Gasteiger partial charge is 0.247 e. The van der Waals surface area contributed by atoms with Crippen LogP contribution in [0, 0.1) is 0 Å². The van der Waals surface area contributed by atoms with Gasteiger partial charge in [0.05, 0.1) is 20.3 Å². The average molecular weight is 416 g/mol. The number of hydrogen-bond donors (Lipinski definition) is 0. The first-order valence-electron chi connectivity index (χ1n) is 8.59. The number of rotatable bonds is 5. The molecule has 5 heteroatoms. The third-order valence-corrected chi connectivity index (χ3v) is 5.36. The minimum Gasteiger partial charge on any atom is -0.497 e. The predicted octanol–water partition coefficient (Wildman–Crippen LogP) is 4.84. The van der Waals surface area contributed by atoms with Gasteiger partial charge in [-0.05, 0) is 48.7 Å². The number of likely N-dealkylation sites (tertiary alicyclic amines) is 1. The molecule has 0 bridgehead atoms. The molecule has 2 aromatic carbocycles. The molecule has 0 unspecified atom stereocenters. The van der Waals surface area contributed by atoms with Gasteiger partial charge in [-0.15, -0.1) is 0 Å². The Hall–Kier alpha value is -2.27. The molecule has 3 rings (SSSR count). The van der Waals surface area contributed by atoms with Crippen LogP contribution in [0.15, 0.2) is 53.0 Å². The summed E-state index contributed by atoms with van der Waals surface area (Å²) in [6, 6.07) is 13.6. The van der Waals surface area contributed by atoms with Crippen molar-refractivity contribution in [2.24, 2.45) is 0 Å². The summed E-state index contributed by atoms with van der Waals surface area (Å²) in [5.41, 5.74) is 1.97. The van der Waals surface area contributed by atoms with E-state index in [9.17, 15) is 4.79 Å². The van der Waals surface area contributed by atoms with Gasteiger partial charge in [0.15, 0.2) is 0 Å². The molecule has 2 aromatic rings. The number of carbonyl (C=O) groups excluding carboxylic acids is 1. The Labute approximate surface area is 162 Å². The standard InChI is InChI=1S/C21H22BrNO3/c1-25-16-10-11-20(26-2)17(14-16)19-8-5-13-23(19)21(24)12-9-15-6-3-4-7-18(15)22/h3-4,6-7,9-12,14,19H,5,8,13H2,1-2H3/b12-9-/t19-/m1/s1. The van der Waals surface area contributed by atoms with E-state index in [1.807, 2.05) is 53.4 Å². The van der Waals surface area contributed by atoms with Gasteiger partial charge in [-0.25, -0.2) is 0 Å². The van der Waals surface area contributed by atoms with E-state index in [4.69, 9.17) is 9.47 Å². The van der Waals surface area contributed by atoms with Crippen molar-refractivity contribution in [3.05, 3.63) is 64.1 Å². The quantitative estimate of drug-likeness (QED) is 0.655. The van der Waals surface area contributed by atoms with Crippen LogP contribution in [-0.2, 0) is 4.79 Å². The van der Waals surface area contributed by atoms with Gasteiger partial charge in [-0.2, -0.15) is 0 Å². The summed E-state index contributed by atoms with van der Waals surface area (Å²) >= 11 is 3.51. The summed E-state index contributed by atoms with van der Waals surface area (Å²) in [5.74, 6) is 1.56. The van der Waals surface area contributed by atoms with Crippen LogP contribution < -0.4 is 9.47 Å². The number of hydrogen-bond acceptors (Lipinski definition) is 3. The Morgan fingerprint density at radius 3 is 2.73 bits per heavy atom. The van der Waals surface area contributed by atoms with Crippen LogP contribution >= 0.6 is 15.9 Å². The molecule has 0 spiro atoms. The van der Waals surface area contributed by atoms with E-state index in [1.54, 1.807) is 20.3 Å². The molecule has 1 saturated heterocycles. The molecule has 0 N–H and O–H groups in total. The van der Waals surface area contributed by atoms with Crippen molar-refractivity contribution in [2.45, 2.75) is 18.9 Å². The first kappa shape index (κ1) is 18.5. The predicted molar refractivity (Wildman–Crippen MR) is 106 cm³/mol. The van der Waals surface area contributed by atoms with Crippen LogP contribution in [0.5, 0.6) is 11.5 Å². The van der Waals surface area contributed by atoms with E-state index in [1.165, 1.54) is 0 Å². The van der Waals surface area contributed by atoms with E-state index in [-0.39, 0.29) is 11.9 Å². The summed E-state index contributed by atoms with van der Waals surface area (Å²) in [6.07, 6.45) is 5.38. The zero-order valence-electron chi connectivity index (χ0n) is 14.9. The van der Waals surface area contributed by atoms with Crippen molar-refractivity contribution in [3.63, 3.8) is 0 Å². The van der Waals surface area contributed by atoms with Gasteiger partial charge < -0.3 is 14.4 Å². The summed E-state index contributed by atoms with van der Waals surface area (Å²) in [7, 11) is 3.29. The molecule has 1 amide bonds. The average Bonchev–Trinajstić information content (AvgIpc) is 3.16. The highest BCUT2D eigenvalue weighted by atomic mass is 79.9. The van der Waals surface area contributed by atoms with Gasteiger partial charge in [0.1, 0.15) is 11.5 Å². The molecule has 1 aliphatic rings. The highest BCUT2D eigenvalue weighted by Gasteiger charge is 2.31. The topological polar surface area (TPSA) is 38.8 Å². The number of nitrogens with zero attached hydrogens (tertiary/aromatic N) is 1. The molecule has 1 heterocycles. The third kappa shape index (κ3) is 3.93. The highest BCUT2D eigenvalue weighted by Crippen LogP contribution is 2.39. The minimum absolute atomic E-state index is 0.00332. The largest absolute Gasteiger partial charge is 0.497 e. The molecule has 136 valence electrons. The highest BCUT2D eigenvalue weighted by molar-refractivity contribution is 9.10. The first-order chi connectivity index (χ1) is 12.6. The number of halogens is 1. The lowest BCUT2D eigenvalue weighted by Crippen LogP contribution is -2.29. The van der Waals surface area contributed by atoms with Crippen molar-refractivity contribution >= 4 is 27.9 Å². The second-order valence-corrected chi connectivity index (χ2v) is 7.01. The number of methoxy groups -OCH3 is 2. The summed E-state index contributed by atoms with van der Waals surface area (Å²) in [5, 5.41) is 0. The van der Waals surface area contributed by atoms with Crippen LogP contribution in [-0.4, -0.2) is 31.6 Å². The van der Waals surface area contributed by atoms with Crippen LogP contribution in [0.3, 0.4) is 0 Å². The van der Waals surface area contributed by atoms with Crippen molar-refractivity contribution in [1.29, 1.82) is 0 Å². The zero-order chi connectivity index (χ0) is 18.5. The lowest BCUT2D eigenvalue weighted by atomic mass is 10.0. The van der Waals surface area contributed by atoms with Crippen LogP contribution in [0.2, 0.25) is 0 Å². The number of ether oxygens (including phenoxy) is 2. The van der Waals surface area contributed by atoms with Gasteiger partial charge in [0, 0.05) is 22.7 Å². The van der Waals surface area contributed by atoms with Crippen molar-refractivity contribution in [1.82, 2.24) is 4.90 Å².